The summed E-state index contributed by atoms with van der Waals surface area (Å²) < 4.78 is 0. The van der Waals surface area contributed by atoms with E-state index in [-0.39, 0.29) is 5.91 Å². The summed E-state index contributed by atoms with van der Waals surface area (Å²) >= 11 is 0. The minimum Gasteiger partial charge on any atom is -0.372 e. The molecule has 1 amide bonds. The number of nitrogens with one attached hydrogen (secondary N) is 1. The highest BCUT2D eigenvalue weighted by Crippen LogP contribution is 2.23. The van der Waals surface area contributed by atoms with Crippen LogP contribution in [-0.4, -0.2) is 37.1 Å². The van der Waals surface area contributed by atoms with Crippen molar-refractivity contribution in [2.45, 2.75) is 46.5 Å². The maximum atomic E-state index is 12.6. The maximum absolute atomic E-state index is 12.6. The molecule has 0 radical (unpaired) electrons. The fourth-order valence-corrected chi connectivity index (χ4v) is 3.80. The normalized spacial score (nSPS) is 14.5. The van der Waals surface area contributed by atoms with Crippen LogP contribution in [0.15, 0.2) is 36.5 Å². The lowest BCUT2D eigenvalue weighted by atomic mass is 10.1. The van der Waals surface area contributed by atoms with E-state index < -0.39 is 0 Å². The Morgan fingerprint density at radius 2 is 1.79 bits per heavy atom. The van der Waals surface area contributed by atoms with Crippen LogP contribution in [0.25, 0.3) is 0 Å². The zero-order valence-electron chi connectivity index (χ0n) is 17.4. The average Bonchev–Trinajstić information content (AvgIpc) is 3.00. The molecule has 28 heavy (non-hydrogen) atoms. The third-order valence-electron chi connectivity index (χ3n) is 5.54. The zero-order chi connectivity index (χ0) is 19.9. The van der Waals surface area contributed by atoms with Crippen LogP contribution >= 0.6 is 0 Å². The van der Waals surface area contributed by atoms with Gasteiger partial charge >= 0.3 is 0 Å². The van der Waals surface area contributed by atoms with Crippen LogP contribution in [0, 0.1) is 6.92 Å². The van der Waals surface area contributed by atoms with Crippen molar-refractivity contribution in [1.29, 1.82) is 0 Å². The Kier molecular flexibility index (Phi) is 6.90. The number of anilines is 3. The van der Waals surface area contributed by atoms with Crippen molar-refractivity contribution in [3.05, 3.63) is 47.8 Å². The van der Waals surface area contributed by atoms with Crippen LogP contribution in [0.3, 0.4) is 0 Å². The van der Waals surface area contributed by atoms with Gasteiger partial charge in [0.2, 0.25) is 0 Å². The second kappa shape index (κ2) is 9.58. The molecule has 2 aromatic rings. The molecule has 0 saturated carbocycles. The summed E-state index contributed by atoms with van der Waals surface area (Å²) in [5, 5.41) is 3.00. The number of nitrogens with zero attached hydrogens (tertiary/aromatic N) is 3. The van der Waals surface area contributed by atoms with E-state index in [0.29, 0.717) is 5.69 Å². The monoisotopic (exact) mass is 380 g/mol. The van der Waals surface area contributed by atoms with Gasteiger partial charge in [-0.2, -0.15) is 0 Å². The number of pyridine rings is 1. The Bertz CT molecular complexity index is 776. The molecule has 1 aromatic heterocycles. The standard InChI is InChI=1S/C23H32N4O/c1-4-26(5-2)19-10-12-21(18(3)16-19)25-23(28)22-13-11-20(17-24-22)27-14-8-6-7-9-15-27/h10-13,16-17H,4-9,14-15H2,1-3H3,(H,25,28). The van der Waals surface area contributed by atoms with E-state index in [1.54, 1.807) is 0 Å². The first-order valence-electron chi connectivity index (χ1n) is 10.5. The van der Waals surface area contributed by atoms with Crippen molar-refractivity contribution in [1.82, 2.24) is 4.98 Å². The minimum atomic E-state index is -0.166. The molecule has 1 aliphatic rings. The second-order valence-electron chi connectivity index (χ2n) is 7.43. The Hall–Kier alpha value is -2.56. The van der Waals surface area contributed by atoms with Crippen molar-refractivity contribution in [2.75, 3.05) is 41.3 Å². The predicted molar refractivity (Wildman–Crippen MR) is 118 cm³/mol. The van der Waals surface area contributed by atoms with E-state index in [1.807, 2.05) is 31.3 Å². The Morgan fingerprint density at radius 3 is 2.36 bits per heavy atom. The number of rotatable bonds is 6. The van der Waals surface area contributed by atoms with Crippen molar-refractivity contribution in [2.24, 2.45) is 0 Å². The van der Waals surface area contributed by atoms with Crippen LogP contribution in [0.1, 0.15) is 55.6 Å². The topological polar surface area (TPSA) is 48.5 Å². The first-order valence-corrected chi connectivity index (χ1v) is 10.5. The van der Waals surface area contributed by atoms with Crippen molar-refractivity contribution in [3.63, 3.8) is 0 Å². The number of aryl methyl sites for hydroxylation is 1. The summed E-state index contributed by atoms with van der Waals surface area (Å²) in [6.45, 7) is 10.4. The quantitative estimate of drug-likeness (QED) is 0.777. The fourth-order valence-electron chi connectivity index (χ4n) is 3.80. The molecule has 5 nitrogen and oxygen atoms in total. The van der Waals surface area contributed by atoms with Crippen molar-refractivity contribution in [3.8, 4) is 0 Å². The highest BCUT2D eigenvalue weighted by Gasteiger charge is 2.13. The summed E-state index contributed by atoms with van der Waals surface area (Å²) in [5.74, 6) is -0.166. The van der Waals surface area contributed by atoms with Crippen molar-refractivity contribution < 1.29 is 4.79 Å². The Morgan fingerprint density at radius 1 is 1.07 bits per heavy atom. The molecule has 0 atom stereocenters. The summed E-state index contributed by atoms with van der Waals surface area (Å²) in [4.78, 5) is 21.7. The molecule has 1 aromatic carbocycles. The molecular weight excluding hydrogens is 348 g/mol. The molecule has 0 spiro atoms. The minimum absolute atomic E-state index is 0.166. The van der Waals surface area contributed by atoms with E-state index in [0.717, 1.165) is 43.1 Å². The first kappa shape index (κ1) is 20.2. The predicted octanol–water partition coefficient (Wildman–Crippen LogP) is 4.87. The first-order chi connectivity index (χ1) is 13.6. The molecule has 150 valence electrons. The SMILES string of the molecule is CCN(CC)c1ccc(NC(=O)c2ccc(N3CCCCCC3)cn2)c(C)c1. The van der Waals surface area contributed by atoms with Gasteiger partial charge < -0.3 is 15.1 Å². The van der Waals surface area contributed by atoms with Gasteiger partial charge in [-0.3, -0.25) is 4.79 Å². The van der Waals surface area contributed by atoms with Crippen molar-refractivity contribution >= 4 is 23.0 Å². The number of carbonyl (C=O) groups is 1. The molecule has 1 N–H and O–H groups in total. The van der Waals surface area contributed by atoms with E-state index in [9.17, 15) is 4.79 Å². The van der Waals surface area contributed by atoms with Gasteiger partial charge in [0.1, 0.15) is 5.69 Å². The maximum Gasteiger partial charge on any atom is 0.274 e. The van der Waals surface area contributed by atoms with Crippen LogP contribution in [0.2, 0.25) is 0 Å². The third-order valence-corrected chi connectivity index (χ3v) is 5.54. The molecule has 1 fully saturated rings. The molecule has 5 heteroatoms. The molecule has 1 saturated heterocycles. The highest BCUT2D eigenvalue weighted by molar-refractivity contribution is 6.03. The number of hydrogen-bond donors (Lipinski definition) is 1. The summed E-state index contributed by atoms with van der Waals surface area (Å²) in [7, 11) is 0. The van der Waals surface area contributed by atoms with Gasteiger partial charge in [0.15, 0.2) is 0 Å². The number of hydrogen-bond acceptors (Lipinski definition) is 4. The lowest BCUT2D eigenvalue weighted by Gasteiger charge is -2.22. The van der Waals surface area contributed by atoms with Gasteiger partial charge in [-0.1, -0.05) is 12.8 Å². The Balaban J connectivity index is 1.67. The molecule has 2 heterocycles. The van der Waals surface area contributed by atoms with E-state index in [4.69, 9.17) is 0 Å². The van der Waals surface area contributed by atoms with E-state index in [2.05, 4.69) is 46.1 Å². The van der Waals surface area contributed by atoms with Gasteiger partial charge in [0, 0.05) is 37.6 Å². The number of carbonyl (C=O) groups excluding carboxylic acids is 1. The van der Waals surface area contributed by atoms with Crippen LogP contribution in [-0.2, 0) is 0 Å². The highest BCUT2D eigenvalue weighted by atomic mass is 16.1. The zero-order valence-corrected chi connectivity index (χ0v) is 17.4. The molecule has 0 unspecified atom stereocenters. The summed E-state index contributed by atoms with van der Waals surface area (Å²) in [6.07, 6.45) is 6.89. The van der Waals surface area contributed by atoms with Gasteiger partial charge in [-0.25, -0.2) is 4.98 Å². The average molecular weight is 381 g/mol. The molecule has 0 aliphatic carbocycles. The number of benzene rings is 1. The number of aromatic nitrogens is 1. The molecule has 0 bridgehead atoms. The lowest BCUT2D eigenvalue weighted by Crippen LogP contribution is -2.24. The van der Waals surface area contributed by atoms with Gasteiger partial charge in [-0.05, 0) is 69.5 Å². The van der Waals surface area contributed by atoms with E-state index in [1.165, 1.54) is 31.4 Å². The van der Waals surface area contributed by atoms with Gasteiger partial charge in [-0.15, -0.1) is 0 Å². The van der Waals surface area contributed by atoms with Crippen LogP contribution in [0.4, 0.5) is 17.1 Å². The van der Waals surface area contributed by atoms with E-state index >= 15 is 0 Å². The number of amides is 1. The second-order valence-corrected chi connectivity index (χ2v) is 7.43. The molecule has 1 aliphatic heterocycles. The third kappa shape index (κ3) is 4.83. The molecule has 3 rings (SSSR count). The fraction of sp³-hybridized carbons (Fsp3) is 0.478. The van der Waals surface area contributed by atoms with Crippen LogP contribution < -0.4 is 15.1 Å². The smallest absolute Gasteiger partial charge is 0.274 e. The van der Waals surface area contributed by atoms with Gasteiger partial charge in [0.05, 0.1) is 11.9 Å². The van der Waals surface area contributed by atoms with Crippen LogP contribution in [0.5, 0.6) is 0 Å². The molecular formula is C23H32N4O. The summed E-state index contributed by atoms with van der Waals surface area (Å²) in [6, 6.07) is 10.0. The largest absolute Gasteiger partial charge is 0.372 e. The summed E-state index contributed by atoms with van der Waals surface area (Å²) in [5.41, 5.74) is 4.63. The van der Waals surface area contributed by atoms with Gasteiger partial charge in [0.25, 0.3) is 5.91 Å². The Labute approximate surface area is 168 Å². The lowest BCUT2D eigenvalue weighted by molar-refractivity contribution is 0.102.